The van der Waals surface area contributed by atoms with Crippen molar-refractivity contribution in [3.05, 3.63) is 0 Å². The number of rotatable bonds is 4. The maximum Gasteiger partial charge on any atom is 0.303 e. The predicted octanol–water partition coefficient (Wildman–Crippen LogP) is 0.769. The van der Waals surface area contributed by atoms with Crippen molar-refractivity contribution in [2.75, 3.05) is 19.3 Å². The van der Waals surface area contributed by atoms with Crippen molar-refractivity contribution in [1.82, 2.24) is 4.31 Å². The van der Waals surface area contributed by atoms with E-state index in [1.54, 1.807) is 0 Å². The third-order valence-electron chi connectivity index (χ3n) is 3.28. The van der Waals surface area contributed by atoms with Crippen LogP contribution in [0.15, 0.2) is 0 Å². The lowest BCUT2D eigenvalue weighted by Gasteiger charge is -2.36. The third-order valence-corrected chi connectivity index (χ3v) is 4.55. The van der Waals surface area contributed by atoms with E-state index in [0.717, 1.165) is 6.42 Å². The van der Waals surface area contributed by atoms with Crippen molar-refractivity contribution in [1.29, 1.82) is 0 Å². The maximum absolute atomic E-state index is 11.4. The largest absolute Gasteiger partial charge is 0.481 e. The zero-order chi connectivity index (χ0) is 12.3. The Morgan fingerprint density at radius 3 is 2.50 bits per heavy atom. The van der Waals surface area contributed by atoms with Crippen LogP contribution in [0.5, 0.6) is 0 Å². The smallest absolute Gasteiger partial charge is 0.303 e. The zero-order valence-corrected chi connectivity index (χ0v) is 10.5. The van der Waals surface area contributed by atoms with Gasteiger partial charge >= 0.3 is 5.97 Å². The van der Waals surface area contributed by atoms with Crippen LogP contribution in [0.3, 0.4) is 0 Å². The van der Waals surface area contributed by atoms with Crippen LogP contribution in [0.2, 0.25) is 0 Å². The average molecular weight is 249 g/mol. The second-order valence-electron chi connectivity index (χ2n) is 4.44. The van der Waals surface area contributed by atoms with E-state index in [-0.39, 0.29) is 18.3 Å². The molecule has 0 aromatic heterocycles. The van der Waals surface area contributed by atoms with Crippen molar-refractivity contribution in [2.45, 2.75) is 26.2 Å². The number of aliphatic carboxylic acids is 1. The number of nitrogens with zero attached hydrogens (tertiary/aromatic N) is 1. The van der Waals surface area contributed by atoms with Crippen molar-refractivity contribution < 1.29 is 18.3 Å². The van der Waals surface area contributed by atoms with E-state index in [1.807, 2.05) is 6.92 Å². The summed E-state index contributed by atoms with van der Waals surface area (Å²) < 4.78 is 24.2. The van der Waals surface area contributed by atoms with Gasteiger partial charge in [-0.3, -0.25) is 4.79 Å². The number of hydrogen-bond acceptors (Lipinski definition) is 3. The third kappa shape index (κ3) is 3.45. The fourth-order valence-electron chi connectivity index (χ4n) is 2.30. The molecule has 1 aliphatic heterocycles. The molecule has 0 aromatic carbocycles. The molecule has 1 N–H and O–H groups in total. The van der Waals surface area contributed by atoms with E-state index in [4.69, 9.17) is 5.11 Å². The minimum absolute atomic E-state index is 0.112. The number of hydrogen-bond donors (Lipinski definition) is 1. The van der Waals surface area contributed by atoms with Gasteiger partial charge in [-0.25, -0.2) is 12.7 Å². The van der Waals surface area contributed by atoms with Gasteiger partial charge in [0.25, 0.3) is 0 Å². The summed E-state index contributed by atoms with van der Waals surface area (Å²) in [6.07, 6.45) is 2.83. The Morgan fingerprint density at radius 2 is 2.06 bits per heavy atom. The molecule has 1 fully saturated rings. The lowest BCUT2D eigenvalue weighted by atomic mass is 9.82. The molecule has 0 amide bonds. The molecule has 1 rings (SSSR count). The molecule has 0 aliphatic carbocycles. The molecule has 16 heavy (non-hydrogen) atoms. The van der Waals surface area contributed by atoms with Gasteiger partial charge in [0, 0.05) is 19.5 Å². The van der Waals surface area contributed by atoms with Gasteiger partial charge in [0.1, 0.15) is 0 Å². The van der Waals surface area contributed by atoms with Crippen LogP contribution in [0.4, 0.5) is 0 Å². The van der Waals surface area contributed by atoms with E-state index >= 15 is 0 Å². The standard InChI is InChI=1S/C10H19NO4S/c1-3-8-7-11(16(2,14)15)5-4-9(8)6-10(12)13/h8-9H,3-7H2,1-2H3,(H,12,13)/t8-,9-/m0/s1. The van der Waals surface area contributed by atoms with Crippen molar-refractivity contribution in [3.63, 3.8) is 0 Å². The lowest BCUT2D eigenvalue weighted by molar-refractivity contribution is -0.138. The van der Waals surface area contributed by atoms with Gasteiger partial charge in [0.15, 0.2) is 0 Å². The number of carboxylic acid groups (broad SMARTS) is 1. The van der Waals surface area contributed by atoms with Crippen LogP contribution in [-0.2, 0) is 14.8 Å². The normalized spacial score (nSPS) is 27.9. The first kappa shape index (κ1) is 13.4. The summed E-state index contributed by atoms with van der Waals surface area (Å²) in [6.45, 7) is 2.89. The highest BCUT2D eigenvalue weighted by Gasteiger charge is 2.32. The molecule has 1 aliphatic rings. The summed E-state index contributed by atoms with van der Waals surface area (Å²) in [7, 11) is -3.13. The van der Waals surface area contributed by atoms with Gasteiger partial charge < -0.3 is 5.11 Å². The van der Waals surface area contributed by atoms with Gasteiger partial charge in [-0.15, -0.1) is 0 Å². The molecule has 5 nitrogen and oxygen atoms in total. The van der Waals surface area contributed by atoms with Gasteiger partial charge in [-0.05, 0) is 18.3 Å². The van der Waals surface area contributed by atoms with Crippen LogP contribution >= 0.6 is 0 Å². The van der Waals surface area contributed by atoms with E-state index in [2.05, 4.69) is 0 Å². The van der Waals surface area contributed by atoms with Crippen molar-refractivity contribution >= 4 is 16.0 Å². The monoisotopic (exact) mass is 249 g/mol. The Kier molecular flexibility index (Phi) is 4.32. The number of piperidine rings is 1. The molecule has 94 valence electrons. The van der Waals surface area contributed by atoms with Crippen molar-refractivity contribution in [2.24, 2.45) is 11.8 Å². The Hall–Kier alpha value is -0.620. The summed E-state index contributed by atoms with van der Waals surface area (Å²) in [5.74, 6) is -0.517. The van der Waals surface area contributed by atoms with Crippen LogP contribution in [-0.4, -0.2) is 43.1 Å². The first-order chi connectivity index (χ1) is 7.34. The summed E-state index contributed by atoms with van der Waals surface area (Å²) in [5.41, 5.74) is 0. The van der Waals surface area contributed by atoms with Crippen LogP contribution in [0, 0.1) is 11.8 Å². The fraction of sp³-hybridized carbons (Fsp3) is 0.900. The number of carboxylic acids is 1. The van der Waals surface area contributed by atoms with E-state index < -0.39 is 16.0 Å². The highest BCUT2D eigenvalue weighted by Crippen LogP contribution is 2.29. The van der Waals surface area contributed by atoms with Gasteiger partial charge in [0.2, 0.25) is 10.0 Å². The van der Waals surface area contributed by atoms with Crippen LogP contribution in [0.1, 0.15) is 26.2 Å². The average Bonchev–Trinajstić information content (AvgIpc) is 2.15. The number of carbonyl (C=O) groups is 1. The second kappa shape index (κ2) is 5.14. The fourth-order valence-corrected chi connectivity index (χ4v) is 3.20. The minimum Gasteiger partial charge on any atom is -0.481 e. The van der Waals surface area contributed by atoms with Gasteiger partial charge in [-0.1, -0.05) is 13.3 Å². The molecule has 2 atom stereocenters. The summed E-state index contributed by atoms with van der Waals surface area (Å²) in [5, 5.41) is 8.77. The molecular weight excluding hydrogens is 230 g/mol. The topological polar surface area (TPSA) is 74.7 Å². The van der Waals surface area contributed by atoms with E-state index in [1.165, 1.54) is 10.6 Å². The van der Waals surface area contributed by atoms with Gasteiger partial charge in [0.05, 0.1) is 6.26 Å². The summed E-state index contributed by atoms with van der Waals surface area (Å²) in [4.78, 5) is 10.7. The molecule has 0 aromatic rings. The Balaban J connectivity index is 2.67. The SMILES string of the molecule is CC[C@H]1CN(S(C)(=O)=O)CC[C@H]1CC(=O)O. The maximum atomic E-state index is 11.4. The minimum atomic E-state index is -3.13. The first-order valence-electron chi connectivity index (χ1n) is 5.51. The Bertz CT molecular complexity index is 352. The summed E-state index contributed by atoms with van der Waals surface area (Å²) >= 11 is 0. The molecule has 0 bridgehead atoms. The predicted molar refractivity (Wildman–Crippen MR) is 60.6 cm³/mol. The van der Waals surface area contributed by atoms with E-state index in [0.29, 0.717) is 19.5 Å². The Morgan fingerprint density at radius 1 is 1.44 bits per heavy atom. The second-order valence-corrected chi connectivity index (χ2v) is 6.42. The number of sulfonamides is 1. The molecule has 1 saturated heterocycles. The molecule has 0 saturated carbocycles. The lowest BCUT2D eigenvalue weighted by Crippen LogP contribution is -2.43. The van der Waals surface area contributed by atoms with Crippen LogP contribution in [0.25, 0.3) is 0 Å². The Labute approximate surface area is 96.5 Å². The zero-order valence-electron chi connectivity index (χ0n) is 9.72. The highest BCUT2D eigenvalue weighted by atomic mass is 32.2. The summed E-state index contributed by atoms with van der Waals surface area (Å²) in [6, 6.07) is 0. The molecule has 0 radical (unpaired) electrons. The highest BCUT2D eigenvalue weighted by molar-refractivity contribution is 7.88. The first-order valence-corrected chi connectivity index (χ1v) is 7.36. The molecular formula is C10H19NO4S. The van der Waals surface area contributed by atoms with Crippen molar-refractivity contribution in [3.8, 4) is 0 Å². The molecule has 6 heteroatoms. The molecule has 0 unspecified atom stereocenters. The van der Waals surface area contributed by atoms with Gasteiger partial charge in [-0.2, -0.15) is 0 Å². The quantitative estimate of drug-likeness (QED) is 0.798. The van der Waals surface area contributed by atoms with E-state index in [9.17, 15) is 13.2 Å². The molecule has 0 spiro atoms. The van der Waals surface area contributed by atoms with Crippen LogP contribution < -0.4 is 0 Å². The molecule has 1 heterocycles.